The van der Waals surface area contributed by atoms with Gasteiger partial charge >= 0.3 is 0 Å². The van der Waals surface area contributed by atoms with Crippen LogP contribution in [0.3, 0.4) is 0 Å². The monoisotopic (exact) mass is 274 g/mol. The molecule has 0 N–H and O–H groups in total. The van der Waals surface area contributed by atoms with Crippen molar-refractivity contribution < 1.29 is 0 Å². The Morgan fingerprint density at radius 1 is 0.800 bits per heavy atom. The maximum Gasteiger partial charge on any atom is 0.0664 e. The number of aromatic nitrogens is 6. The minimum atomic E-state index is 1.04. The molecule has 0 unspecified atom stereocenters. The second-order valence-electron chi connectivity index (χ2n) is 4.44. The first-order valence-corrected chi connectivity index (χ1v) is 7.15. The third kappa shape index (κ3) is 9.02. The van der Waals surface area contributed by atoms with E-state index in [9.17, 15) is 0 Å². The molecule has 108 valence electrons. The molecule has 0 aliphatic heterocycles. The van der Waals surface area contributed by atoms with E-state index in [1.807, 2.05) is 6.07 Å². The molecule has 0 bridgehead atoms. The fraction of sp³-hybridized carbons (Fsp3) is 0.571. The maximum atomic E-state index is 3.95. The normalized spacial score (nSPS) is 9.65. The van der Waals surface area contributed by atoms with E-state index in [0.717, 1.165) is 12.1 Å². The second-order valence-corrected chi connectivity index (χ2v) is 4.44. The minimum absolute atomic E-state index is 1.04. The molecule has 0 saturated carbocycles. The number of aryl methyl sites for hydroxylation is 1. The molecule has 0 fully saturated rings. The van der Waals surface area contributed by atoms with Crippen LogP contribution in [-0.2, 0) is 6.42 Å². The SMILES string of the molecule is CCCCCCCCc1ccnnn1.c1cnnnc1. The lowest BCUT2D eigenvalue weighted by Crippen LogP contribution is -1.94. The van der Waals surface area contributed by atoms with Crippen LogP contribution in [0.2, 0.25) is 0 Å². The van der Waals surface area contributed by atoms with Gasteiger partial charge in [0.25, 0.3) is 0 Å². The molecule has 6 nitrogen and oxygen atoms in total. The predicted molar refractivity (Wildman–Crippen MR) is 76.7 cm³/mol. The summed E-state index contributed by atoms with van der Waals surface area (Å²) in [6.45, 7) is 2.24. The van der Waals surface area contributed by atoms with Crippen LogP contribution in [0, 0.1) is 0 Å². The van der Waals surface area contributed by atoms with E-state index in [1.54, 1.807) is 24.7 Å². The molecule has 2 rings (SSSR count). The number of rotatable bonds is 7. The Kier molecular flexibility index (Phi) is 9.71. The van der Waals surface area contributed by atoms with E-state index in [4.69, 9.17) is 0 Å². The first-order valence-electron chi connectivity index (χ1n) is 7.15. The standard InChI is InChI=1S/C11H19N3.C3H3N3/c1-2-3-4-5-6-7-8-11-9-10-12-14-13-11;1-2-4-6-5-3-1/h9-10H,2-8H2,1H3;1-3H. The number of nitrogens with zero attached hydrogens (tertiary/aromatic N) is 6. The van der Waals surface area contributed by atoms with Crippen LogP contribution in [0.5, 0.6) is 0 Å². The lowest BCUT2D eigenvalue weighted by Gasteiger charge is -1.99. The molecule has 0 amide bonds. The summed E-state index contributed by atoms with van der Waals surface area (Å²) in [5.41, 5.74) is 1.07. The molecule has 2 heterocycles. The van der Waals surface area contributed by atoms with Crippen molar-refractivity contribution in [3.05, 3.63) is 36.4 Å². The van der Waals surface area contributed by atoms with Crippen molar-refractivity contribution in [2.75, 3.05) is 0 Å². The van der Waals surface area contributed by atoms with Crippen LogP contribution in [-0.4, -0.2) is 30.8 Å². The van der Waals surface area contributed by atoms with E-state index in [2.05, 4.69) is 37.7 Å². The largest absolute Gasteiger partial charge is 0.139 e. The Morgan fingerprint density at radius 2 is 1.50 bits per heavy atom. The van der Waals surface area contributed by atoms with Gasteiger partial charge in [0.15, 0.2) is 0 Å². The highest BCUT2D eigenvalue weighted by Crippen LogP contribution is 2.07. The summed E-state index contributed by atoms with van der Waals surface area (Å²) >= 11 is 0. The number of unbranched alkanes of at least 4 members (excludes halogenated alkanes) is 5. The van der Waals surface area contributed by atoms with E-state index in [1.165, 1.54) is 38.5 Å². The van der Waals surface area contributed by atoms with Crippen LogP contribution < -0.4 is 0 Å². The topological polar surface area (TPSA) is 77.3 Å². The van der Waals surface area contributed by atoms with Gasteiger partial charge in [0, 0.05) is 0 Å². The smallest absolute Gasteiger partial charge is 0.0664 e. The molecule has 2 aromatic heterocycles. The molecule has 0 aliphatic carbocycles. The van der Waals surface area contributed by atoms with E-state index >= 15 is 0 Å². The van der Waals surface area contributed by atoms with Crippen LogP contribution in [0.25, 0.3) is 0 Å². The summed E-state index contributed by atoms with van der Waals surface area (Å²) in [6, 6.07) is 3.66. The second kappa shape index (κ2) is 12.1. The molecule has 6 heteroatoms. The summed E-state index contributed by atoms with van der Waals surface area (Å²) in [4.78, 5) is 0. The molecule has 0 atom stereocenters. The Hall–Kier alpha value is -1.98. The lowest BCUT2D eigenvalue weighted by molar-refractivity contribution is 0.601. The summed E-state index contributed by atoms with van der Waals surface area (Å²) < 4.78 is 0. The molecule has 0 spiro atoms. The zero-order chi connectivity index (χ0) is 14.3. The van der Waals surface area contributed by atoms with Crippen LogP contribution in [0.1, 0.15) is 51.1 Å². The average Bonchev–Trinajstić information content (AvgIpc) is 2.54. The van der Waals surface area contributed by atoms with Gasteiger partial charge in [-0.25, -0.2) is 0 Å². The Labute approximate surface area is 120 Å². The molecule has 20 heavy (non-hydrogen) atoms. The Morgan fingerprint density at radius 3 is 2.05 bits per heavy atom. The average molecular weight is 274 g/mol. The molecule has 0 radical (unpaired) electrons. The first kappa shape index (κ1) is 16.1. The molecule has 0 aliphatic rings. The highest BCUT2D eigenvalue weighted by Gasteiger charge is 1.94. The summed E-state index contributed by atoms with van der Waals surface area (Å²) in [5.74, 6) is 0. The van der Waals surface area contributed by atoms with Gasteiger partial charge in [-0.05, 0) is 35.4 Å². The molecule has 0 saturated heterocycles. The van der Waals surface area contributed by atoms with Crippen LogP contribution >= 0.6 is 0 Å². The van der Waals surface area contributed by atoms with Gasteiger partial charge < -0.3 is 0 Å². The van der Waals surface area contributed by atoms with Crippen molar-refractivity contribution in [3.8, 4) is 0 Å². The third-order valence-electron chi connectivity index (χ3n) is 2.75. The van der Waals surface area contributed by atoms with Gasteiger partial charge in [-0.3, -0.25) is 0 Å². The van der Waals surface area contributed by atoms with Gasteiger partial charge in [0.2, 0.25) is 0 Å². The third-order valence-corrected chi connectivity index (χ3v) is 2.75. The lowest BCUT2D eigenvalue weighted by atomic mass is 10.1. The fourth-order valence-electron chi connectivity index (χ4n) is 1.69. The Bertz CT molecular complexity index is 382. The van der Waals surface area contributed by atoms with Gasteiger partial charge in [-0.2, -0.15) is 0 Å². The molecular formula is C14H22N6. The summed E-state index contributed by atoms with van der Waals surface area (Å²) in [6.07, 6.45) is 13.9. The van der Waals surface area contributed by atoms with Crippen molar-refractivity contribution in [1.82, 2.24) is 30.8 Å². The van der Waals surface area contributed by atoms with Crippen molar-refractivity contribution >= 4 is 0 Å². The van der Waals surface area contributed by atoms with Crippen LogP contribution in [0.15, 0.2) is 30.7 Å². The minimum Gasteiger partial charge on any atom is -0.139 e. The van der Waals surface area contributed by atoms with E-state index in [-0.39, 0.29) is 0 Å². The predicted octanol–water partition coefficient (Wildman–Crippen LogP) is 2.65. The molecular weight excluding hydrogens is 252 g/mol. The van der Waals surface area contributed by atoms with Crippen molar-refractivity contribution in [2.24, 2.45) is 0 Å². The van der Waals surface area contributed by atoms with Gasteiger partial charge in [0.1, 0.15) is 0 Å². The molecule has 0 aromatic carbocycles. The van der Waals surface area contributed by atoms with Crippen LogP contribution in [0.4, 0.5) is 0 Å². The van der Waals surface area contributed by atoms with E-state index < -0.39 is 0 Å². The van der Waals surface area contributed by atoms with Gasteiger partial charge in [-0.15, -0.1) is 20.4 Å². The number of hydrogen-bond acceptors (Lipinski definition) is 6. The molecule has 2 aromatic rings. The fourth-order valence-corrected chi connectivity index (χ4v) is 1.69. The highest BCUT2D eigenvalue weighted by atomic mass is 15.3. The van der Waals surface area contributed by atoms with Gasteiger partial charge in [-0.1, -0.05) is 39.0 Å². The zero-order valence-electron chi connectivity index (χ0n) is 12.0. The Balaban J connectivity index is 0.000000276. The zero-order valence-corrected chi connectivity index (χ0v) is 12.0. The van der Waals surface area contributed by atoms with Crippen molar-refractivity contribution in [1.29, 1.82) is 0 Å². The highest BCUT2D eigenvalue weighted by molar-refractivity contribution is 4.94. The summed E-state index contributed by atoms with van der Waals surface area (Å²) in [5, 5.41) is 21.3. The first-order chi connectivity index (χ1) is 9.93. The van der Waals surface area contributed by atoms with Gasteiger partial charge in [0.05, 0.1) is 24.3 Å². The van der Waals surface area contributed by atoms with E-state index in [0.29, 0.717) is 0 Å². The number of hydrogen-bond donors (Lipinski definition) is 0. The maximum absolute atomic E-state index is 3.95. The van der Waals surface area contributed by atoms with Crippen molar-refractivity contribution in [2.45, 2.75) is 51.9 Å². The quantitative estimate of drug-likeness (QED) is 0.722. The van der Waals surface area contributed by atoms with Crippen molar-refractivity contribution in [3.63, 3.8) is 0 Å². The summed E-state index contributed by atoms with van der Waals surface area (Å²) in [7, 11) is 0.